The van der Waals surface area contributed by atoms with Gasteiger partial charge in [0, 0.05) is 22.1 Å². The van der Waals surface area contributed by atoms with Crippen LogP contribution in [0, 0.1) is 13.8 Å². The SMILES string of the molecule is Cc1cc(CO)c(C)n1-c1ccc(OCc2ccc(Cl)cc2)cc1. The minimum Gasteiger partial charge on any atom is -0.489 e. The van der Waals surface area contributed by atoms with Crippen molar-refractivity contribution in [1.29, 1.82) is 0 Å². The molecule has 4 heteroatoms. The first-order valence-electron chi connectivity index (χ1n) is 7.85. The summed E-state index contributed by atoms with van der Waals surface area (Å²) in [4.78, 5) is 0. The van der Waals surface area contributed by atoms with E-state index in [1.807, 2.05) is 68.4 Å². The van der Waals surface area contributed by atoms with Crippen molar-refractivity contribution in [3.05, 3.63) is 82.1 Å². The number of hydrogen-bond donors (Lipinski definition) is 1. The first-order chi connectivity index (χ1) is 11.6. The molecule has 3 rings (SSSR count). The largest absolute Gasteiger partial charge is 0.489 e. The zero-order chi connectivity index (χ0) is 17.1. The van der Waals surface area contributed by atoms with Gasteiger partial charge in [0.25, 0.3) is 0 Å². The maximum absolute atomic E-state index is 9.40. The van der Waals surface area contributed by atoms with Crippen LogP contribution in [0.4, 0.5) is 0 Å². The quantitative estimate of drug-likeness (QED) is 0.722. The van der Waals surface area contributed by atoms with Crippen molar-refractivity contribution in [2.45, 2.75) is 27.1 Å². The highest BCUT2D eigenvalue weighted by atomic mass is 35.5. The maximum Gasteiger partial charge on any atom is 0.119 e. The molecule has 2 aromatic carbocycles. The van der Waals surface area contributed by atoms with E-state index in [0.29, 0.717) is 6.61 Å². The molecule has 3 aromatic rings. The van der Waals surface area contributed by atoms with Crippen LogP contribution in [0.3, 0.4) is 0 Å². The minimum atomic E-state index is 0.0575. The average Bonchev–Trinajstić information content (AvgIpc) is 2.89. The Kier molecular flexibility index (Phi) is 4.93. The summed E-state index contributed by atoms with van der Waals surface area (Å²) >= 11 is 5.88. The van der Waals surface area contributed by atoms with Crippen LogP contribution in [0.1, 0.15) is 22.5 Å². The van der Waals surface area contributed by atoms with Gasteiger partial charge in [-0.25, -0.2) is 0 Å². The molecule has 0 radical (unpaired) electrons. The number of benzene rings is 2. The van der Waals surface area contributed by atoms with E-state index < -0.39 is 0 Å². The molecule has 0 aliphatic carbocycles. The molecule has 0 atom stereocenters. The second kappa shape index (κ2) is 7.12. The van der Waals surface area contributed by atoms with Crippen molar-refractivity contribution in [3.8, 4) is 11.4 Å². The number of hydrogen-bond acceptors (Lipinski definition) is 2. The zero-order valence-corrected chi connectivity index (χ0v) is 14.5. The lowest BCUT2D eigenvalue weighted by atomic mass is 10.2. The number of rotatable bonds is 5. The van der Waals surface area contributed by atoms with E-state index >= 15 is 0 Å². The highest BCUT2D eigenvalue weighted by Gasteiger charge is 2.09. The number of aromatic nitrogens is 1. The molecular weight excluding hydrogens is 322 g/mol. The van der Waals surface area contributed by atoms with Crippen LogP contribution in [-0.2, 0) is 13.2 Å². The molecule has 0 aliphatic heterocycles. The molecular formula is C20H20ClNO2. The number of halogens is 1. The Morgan fingerprint density at radius 1 is 1.00 bits per heavy atom. The van der Waals surface area contributed by atoms with Gasteiger partial charge in [0.15, 0.2) is 0 Å². The monoisotopic (exact) mass is 341 g/mol. The maximum atomic E-state index is 9.40. The lowest BCUT2D eigenvalue weighted by Crippen LogP contribution is -2.00. The van der Waals surface area contributed by atoms with Crippen molar-refractivity contribution in [3.63, 3.8) is 0 Å². The van der Waals surface area contributed by atoms with Gasteiger partial charge in [0.1, 0.15) is 12.4 Å². The van der Waals surface area contributed by atoms with Crippen molar-refractivity contribution >= 4 is 11.6 Å². The van der Waals surface area contributed by atoms with Gasteiger partial charge in [-0.2, -0.15) is 0 Å². The third-order valence-electron chi connectivity index (χ3n) is 4.12. The molecule has 0 aliphatic rings. The van der Waals surface area contributed by atoms with Crippen LogP contribution in [0.5, 0.6) is 5.75 Å². The molecule has 0 saturated carbocycles. The van der Waals surface area contributed by atoms with Crippen LogP contribution < -0.4 is 4.74 Å². The van der Waals surface area contributed by atoms with Crippen LogP contribution in [0.15, 0.2) is 54.6 Å². The fourth-order valence-corrected chi connectivity index (χ4v) is 2.95. The van der Waals surface area contributed by atoms with Crippen LogP contribution in [0.2, 0.25) is 5.02 Å². The highest BCUT2D eigenvalue weighted by Crippen LogP contribution is 2.23. The summed E-state index contributed by atoms with van der Waals surface area (Å²) in [6.07, 6.45) is 0. The molecule has 1 heterocycles. The summed E-state index contributed by atoms with van der Waals surface area (Å²) in [6, 6.07) is 17.6. The van der Waals surface area contributed by atoms with Gasteiger partial charge in [-0.15, -0.1) is 0 Å². The minimum absolute atomic E-state index is 0.0575. The lowest BCUT2D eigenvalue weighted by molar-refractivity contribution is 0.281. The summed E-state index contributed by atoms with van der Waals surface area (Å²) < 4.78 is 7.95. The van der Waals surface area contributed by atoms with Crippen molar-refractivity contribution in [2.24, 2.45) is 0 Å². The Morgan fingerprint density at radius 2 is 1.67 bits per heavy atom. The molecule has 0 bridgehead atoms. The molecule has 0 amide bonds. The Balaban J connectivity index is 1.74. The van der Waals surface area contributed by atoms with E-state index in [1.165, 1.54) is 0 Å². The second-order valence-corrected chi connectivity index (χ2v) is 6.24. The van der Waals surface area contributed by atoms with Gasteiger partial charge in [-0.1, -0.05) is 23.7 Å². The molecule has 24 heavy (non-hydrogen) atoms. The molecule has 3 nitrogen and oxygen atoms in total. The molecule has 124 valence electrons. The van der Waals surface area contributed by atoms with Crippen LogP contribution in [0.25, 0.3) is 5.69 Å². The molecule has 1 aromatic heterocycles. The topological polar surface area (TPSA) is 34.4 Å². The van der Waals surface area contributed by atoms with Gasteiger partial charge >= 0.3 is 0 Å². The Hall–Kier alpha value is -2.23. The van der Waals surface area contributed by atoms with Gasteiger partial charge in [-0.3, -0.25) is 0 Å². The fraction of sp³-hybridized carbons (Fsp3) is 0.200. The van der Waals surface area contributed by atoms with E-state index in [4.69, 9.17) is 16.3 Å². The number of nitrogens with zero attached hydrogens (tertiary/aromatic N) is 1. The summed E-state index contributed by atoms with van der Waals surface area (Å²) in [6.45, 7) is 4.62. The number of ether oxygens (including phenoxy) is 1. The van der Waals surface area contributed by atoms with E-state index in [9.17, 15) is 5.11 Å². The Morgan fingerprint density at radius 3 is 2.25 bits per heavy atom. The number of aryl methyl sites for hydroxylation is 1. The van der Waals surface area contributed by atoms with Crippen molar-refractivity contribution in [2.75, 3.05) is 0 Å². The third kappa shape index (κ3) is 3.48. The predicted octanol–water partition coefficient (Wildman–Crippen LogP) is 4.82. The summed E-state index contributed by atoms with van der Waals surface area (Å²) in [7, 11) is 0. The molecule has 1 N–H and O–H groups in total. The van der Waals surface area contributed by atoms with Crippen LogP contribution in [-0.4, -0.2) is 9.67 Å². The zero-order valence-electron chi connectivity index (χ0n) is 13.8. The van der Waals surface area contributed by atoms with Crippen molar-refractivity contribution in [1.82, 2.24) is 4.57 Å². The summed E-state index contributed by atoms with van der Waals surface area (Å²) in [5.74, 6) is 0.818. The smallest absolute Gasteiger partial charge is 0.119 e. The van der Waals surface area contributed by atoms with Gasteiger partial charge in [-0.05, 0) is 67.4 Å². The van der Waals surface area contributed by atoms with E-state index in [1.54, 1.807) is 0 Å². The Labute approximate surface area is 147 Å². The van der Waals surface area contributed by atoms with E-state index in [-0.39, 0.29) is 6.61 Å². The molecule has 0 saturated heterocycles. The summed E-state index contributed by atoms with van der Waals surface area (Å²) in [5, 5.41) is 10.1. The van der Waals surface area contributed by atoms with Gasteiger partial charge < -0.3 is 14.4 Å². The third-order valence-corrected chi connectivity index (χ3v) is 4.37. The molecule has 0 unspecified atom stereocenters. The van der Waals surface area contributed by atoms with E-state index in [2.05, 4.69) is 4.57 Å². The van der Waals surface area contributed by atoms with Gasteiger partial charge in [0.2, 0.25) is 0 Å². The summed E-state index contributed by atoms with van der Waals surface area (Å²) in [5.41, 5.74) is 5.25. The van der Waals surface area contributed by atoms with E-state index in [0.717, 1.165) is 39.0 Å². The fourth-order valence-electron chi connectivity index (χ4n) is 2.83. The first kappa shape index (κ1) is 16.6. The number of aliphatic hydroxyl groups is 1. The van der Waals surface area contributed by atoms with Crippen LogP contribution >= 0.6 is 11.6 Å². The first-order valence-corrected chi connectivity index (χ1v) is 8.22. The normalized spacial score (nSPS) is 10.8. The second-order valence-electron chi connectivity index (χ2n) is 5.80. The molecule has 0 spiro atoms. The number of aliphatic hydroxyl groups excluding tert-OH is 1. The van der Waals surface area contributed by atoms with Gasteiger partial charge in [0.05, 0.1) is 6.61 Å². The highest BCUT2D eigenvalue weighted by molar-refractivity contribution is 6.30. The lowest BCUT2D eigenvalue weighted by Gasteiger charge is -2.12. The Bertz CT molecular complexity index is 820. The average molecular weight is 342 g/mol. The predicted molar refractivity (Wildman–Crippen MR) is 96.9 cm³/mol. The van der Waals surface area contributed by atoms with Crippen molar-refractivity contribution < 1.29 is 9.84 Å². The standard InChI is InChI=1S/C20H20ClNO2/c1-14-11-17(12-23)15(2)22(14)19-7-9-20(10-8-19)24-13-16-3-5-18(21)6-4-16/h3-11,23H,12-13H2,1-2H3. The molecule has 0 fully saturated rings.